The van der Waals surface area contributed by atoms with Gasteiger partial charge in [-0.15, -0.1) is 0 Å². The molecule has 0 radical (unpaired) electrons. The predicted octanol–water partition coefficient (Wildman–Crippen LogP) is 1.03. The van der Waals surface area contributed by atoms with Crippen molar-refractivity contribution in [1.29, 1.82) is 0 Å². The summed E-state index contributed by atoms with van der Waals surface area (Å²) in [7, 11) is 0. The number of ether oxygens (including phenoxy) is 1. The summed E-state index contributed by atoms with van der Waals surface area (Å²) < 4.78 is 6.30. The maximum atomic E-state index is 10.3. The van der Waals surface area contributed by atoms with Gasteiger partial charge in [0.2, 0.25) is 0 Å². The lowest BCUT2D eigenvalue weighted by atomic mass is 9.97. The monoisotopic (exact) mass is 335 g/mol. The van der Waals surface area contributed by atoms with E-state index in [4.69, 9.17) is 4.74 Å². The Balaban J connectivity index is 2.00. The molecule has 16 heavy (non-hydrogen) atoms. The Labute approximate surface area is 108 Å². The largest absolute Gasteiger partial charge is 0.385 e. The first kappa shape index (κ1) is 12.0. The summed E-state index contributed by atoms with van der Waals surface area (Å²) >= 11 is 2.16. The van der Waals surface area contributed by atoms with Crippen LogP contribution in [0.4, 0.5) is 5.82 Å². The lowest BCUT2D eigenvalue weighted by Crippen LogP contribution is -2.43. The van der Waals surface area contributed by atoms with Crippen LogP contribution < -0.4 is 5.32 Å². The van der Waals surface area contributed by atoms with E-state index < -0.39 is 5.60 Å². The van der Waals surface area contributed by atoms with Crippen LogP contribution in [0.2, 0.25) is 0 Å². The van der Waals surface area contributed by atoms with Crippen molar-refractivity contribution in [2.75, 3.05) is 18.5 Å². The summed E-state index contributed by atoms with van der Waals surface area (Å²) in [6.45, 7) is 2.95. The molecule has 2 heterocycles. The SMILES string of the molecule is CC1OCCC1(O)CNc1ncncc1I. The van der Waals surface area contributed by atoms with Crippen LogP contribution in [0.25, 0.3) is 0 Å². The molecule has 5 nitrogen and oxygen atoms in total. The second-order valence-corrected chi connectivity index (χ2v) is 5.10. The van der Waals surface area contributed by atoms with Crippen molar-refractivity contribution < 1.29 is 9.84 Å². The average Bonchev–Trinajstić information content (AvgIpc) is 2.59. The fourth-order valence-electron chi connectivity index (χ4n) is 1.68. The summed E-state index contributed by atoms with van der Waals surface area (Å²) in [5.41, 5.74) is -0.798. The summed E-state index contributed by atoms with van der Waals surface area (Å²) in [6.07, 6.45) is 3.74. The lowest BCUT2D eigenvalue weighted by molar-refractivity contribution is -0.0176. The van der Waals surface area contributed by atoms with Crippen LogP contribution in [0.15, 0.2) is 12.5 Å². The molecule has 1 aliphatic rings. The minimum atomic E-state index is -0.798. The summed E-state index contributed by atoms with van der Waals surface area (Å²) in [6, 6.07) is 0. The number of aromatic nitrogens is 2. The molecule has 0 bridgehead atoms. The topological polar surface area (TPSA) is 67.3 Å². The number of hydrogen-bond donors (Lipinski definition) is 2. The minimum absolute atomic E-state index is 0.139. The molecule has 1 aromatic rings. The van der Waals surface area contributed by atoms with E-state index in [2.05, 4.69) is 37.9 Å². The second-order valence-electron chi connectivity index (χ2n) is 3.94. The molecule has 1 saturated heterocycles. The number of halogens is 1. The molecule has 0 spiro atoms. The Bertz CT molecular complexity index is 377. The molecule has 2 rings (SSSR count). The molecule has 1 aliphatic heterocycles. The Morgan fingerprint density at radius 1 is 1.75 bits per heavy atom. The maximum Gasteiger partial charge on any atom is 0.142 e. The van der Waals surface area contributed by atoms with Gasteiger partial charge in [0.25, 0.3) is 0 Å². The standard InChI is InChI=1S/C10H14IN3O2/c1-7-10(15,2-3-16-7)5-13-9-8(11)4-12-6-14-9/h4,6-7,15H,2-3,5H2,1H3,(H,12,13,14). The fourth-order valence-corrected chi connectivity index (χ4v) is 2.17. The fraction of sp³-hybridized carbons (Fsp3) is 0.600. The quantitative estimate of drug-likeness (QED) is 0.808. The molecule has 88 valence electrons. The van der Waals surface area contributed by atoms with Crippen LogP contribution in [-0.2, 0) is 4.74 Å². The van der Waals surface area contributed by atoms with Gasteiger partial charge in [0.05, 0.1) is 9.67 Å². The molecule has 0 amide bonds. The van der Waals surface area contributed by atoms with E-state index in [-0.39, 0.29) is 6.10 Å². The zero-order valence-corrected chi connectivity index (χ0v) is 11.1. The highest BCUT2D eigenvalue weighted by Gasteiger charge is 2.39. The molecule has 0 aromatic carbocycles. The predicted molar refractivity (Wildman–Crippen MR) is 68.2 cm³/mol. The number of rotatable bonds is 3. The van der Waals surface area contributed by atoms with Crippen molar-refractivity contribution in [2.24, 2.45) is 0 Å². The Hall–Kier alpha value is -0.470. The van der Waals surface area contributed by atoms with Gasteiger partial charge in [0.15, 0.2) is 0 Å². The van der Waals surface area contributed by atoms with Crippen molar-refractivity contribution in [2.45, 2.75) is 25.0 Å². The summed E-state index contributed by atoms with van der Waals surface area (Å²) in [5, 5.41) is 13.4. The zero-order chi connectivity index (χ0) is 11.6. The number of anilines is 1. The van der Waals surface area contributed by atoms with Gasteiger partial charge in [0.1, 0.15) is 17.7 Å². The van der Waals surface area contributed by atoms with Crippen molar-refractivity contribution in [3.63, 3.8) is 0 Å². The second kappa shape index (κ2) is 4.80. The van der Waals surface area contributed by atoms with Crippen LogP contribution in [0.3, 0.4) is 0 Å². The smallest absolute Gasteiger partial charge is 0.142 e. The van der Waals surface area contributed by atoms with E-state index in [1.165, 1.54) is 6.33 Å². The van der Waals surface area contributed by atoms with Crippen LogP contribution in [0, 0.1) is 3.57 Å². The highest BCUT2D eigenvalue weighted by atomic mass is 127. The Kier molecular flexibility index (Phi) is 3.60. The molecule has 1 aromatic heterocycles. The van der Waals surface area contributed by atoms with Gasteiger partial charge < -0.3 is 15.2 Å². The number of aliphatic hydroxyl groups is 1. The molecule has 1 fully saturated rings. The van der Waals surface area contributed by atoms with Gasteiger partial charge in [-0.2, -0.15) is 0 Å². The summed E-state index contributed by atoms with van der Waals surface area (Å²) in [4.78, 5) is 8.02. The molecule has 0 aliphatic carbocycles. The molecular weight excluding hydrogens is 321 g/mol. The van der Waals surface area contributed by atoms with Gasteiger partial charge >= 0.3 is 0 Å². The normalized spacial score (nSPS) is 29.3. The van der Waals surface area contributed by atoms with Gasteiger partial charge in [-0.05, 0) is 29.5 Å². The third kappa shape index (κ3) is 2.44. The first-order valence-corrected chi connectivity index (χ1v) is 6.23. The van der Waals surface area contributed by atoms with Gasteiger partial charge in [-0.1, -0.05) is 0 Å². The van der Waals surface area contributed by atoms with Crippen LogP contribution in [0.5, 0.6) is 0 Å². The van der Waals surface area contributed by atoms with Gasteiger partial charge in [-0.25, -0.2) is 9.97 Å². The third-order valence-electron chi connectivity index (χ3n) is 2.89. The lowest BCUT2D eigenvalue weighted by Gasteiger charge is -2.26. The highest BCUT2D eigenvalue weighted by Crippen LogP contribution is 2.26. The Morgan fingerprint density at radius 2 is 2.56 bits per heavy atom. The van der Waals surface area contributed by atoms with Crippen LogP contribution >= 0.6 is 22.6 Å². The third-order valence-corrected chi connectivity index (χ3v) is 3.68. The number of nitrogens with one attached hydrogen (secondary N) is 1. The molecule has 2 atom stereocenters. The van der Waals surface area contributed by atoms with Crippen LogP contribution in [0.1, 0.15) is 13.3 Å². The van der Waals surface area contributed by atoms with E-state index in [1.54, 1.807) is 6.20 Å². The van der Waals surface area contributed by atoms with Crippen molar-refractivity contribution >= 4 is 28.4 Å². The maximum absolute atomic E-state index is 10.3. The van der Waals surface area contributed by atoms with Crippen LogP contribution in [-0.4, -0.2) is 39.9 Å². The molecule has 2 N–H and O–H groups in total. The first-order valence-electron chi connectivity index (χ1n) is 5.15. The zero-order valence-electron chi connectivity index (χ0n) is 8.98. The van der Waals surface area contributed by atoms with E-state index in [0.717, 1.165) is 9.39 Å². The average molecular weight is 335 g/mol. The van der Waals surface area contributed by atoms with E-state index >= 15 is 0 Å². The molecule has 2 unspecified atom stereocenters. The Morgan fingerprint density at radius 3 is 3.19 bits per heavy atom. The van der Waals surface area contributed by atoms with E-state index in [0.29, 0.717) is 19.6 Å². The summed E-state index contributed by atoms with van der Waals surface area (Å²) in [5.74, 6) is 0.753. The number of hydrogen-bond acceptors (Lipinski definition) is 5. The van der Waals surface area contributed by atoms with Crippen molar-refractivity contribution in [3.05, 3.63) is 16.1 Å². The molecular formula is C10H14IN3O2. The van der Waals surface area contributed by atoms with Crippen molar-refractivity contribution in [3.8, 4) is 0 Å². The van der Waals surface area contributed by atoms with E-state index in [1.807, 2.05) is 6.92 Å². The minimum Gasteiger partial charge on any atom is -0.385 e. The van der Waals surface area contributed by atoms with Gasteiger partial charge in [0, 0.05) is 25.8 Å². The highest BCUT2D eigenvalue weighted by molar-refractivity contribution is 14.1. The van der Waals surface area contributed by atoms with Crippen molar-refractivity contribution in [1.82, 2.24) is 9.97 Å². The number of nitrogens with zero attached hydrogens (tertiary/aromatic N) is 2. The molecule has 0 saturated carbocycles. The first-order chi connectivity index (χ1) is 7.62. The molecule has 6 heteroatoms. The van der Waals surface area contributed by atoms with E-state index in [9.17, 15) is 5.11 Å². The van der Waals surface area contributed by atoms with Gasteiger partial charge in [-0.3, -0.25) is 0 Å².